The molecule has 1 amide bonds. The Morgan fingerprint density at radius 3 is 2.67 bits per heavy atom. The van der Waals surface area contributed by atoms with E-state index in [2.05, 4.69) is 18.7 Å². The minimum absolute atomic E-state index is 0.128. The second-order valence-corrected chi connectivity index (χ2v) is 6.41. The molecule has 0 bridgehead atoms. The number of carbonyl (C=O) groups is 1. The van der Waals surface area contributed by atoms with E-state index in [9.17, 15) is 4.79 Å². The van der Waals surface area contributed by atoms with Crippen LogP contribution in [-0.4, -0.2) is 23.4 Å². The van der Waals surface area contributed by atoms with Crippen molar-refractivity contribution in [3.63, 3.8) is 0 Å². The van der Waals surface area contributed by atoms with Crippen LogP contribution in [-0.2, 0) is 0 Å². The van der Waals surface area contributed by atoms with Gasteiger partial charge in [-0.05, 0) is 30.2 Å². The molecule has 4 heteroatoms. The van der Waals surface area contributed by atoms with E-state index in [1.165, 1.54) is 24.2 Å². The first-order valence-electron chi connectivity index (χ1n) is 6.73. The molecule has 18 heavy (non-hydrogen) atoms. The Bertz CT molecular complexity index is 408. The van der Waals surface area contributed by atoms with Crippen LogP contribution >= 0.6 is 11.3 Å². The molecule has 1 aromatic heterocycles. The lowest BCUT2D eigenvalue weighted by atomic mass is 10.1. The summed E-state index contributed by atoms with van der Waals surface area (Å²) in [5.41, 5.74) is 6.49. The maximum atomic E-state index is 12.6. The van der Waals surface area contributed by atoms with Crippen molar-refractivity contribution in [3.05, 3.63) is 16.3 Å². The lowest BCUT2D eigenvalue weighted by Gasteiger charge is -2.30. The van der Waals surface area contributed by atoms with Gasteiger partial charge in [0, 0.05) is 12.6 Å². The third-order valence-corrected chi connectivity index (χ3v) is 4.40. The highest BCUT2D eigenvalue weighted by atomic mass is 32.1. The quantitative estimate of drug-likeness (QED) is 0.908. The van der Waals surface area contributed by atoms with Gasteiger partial charge < -0.3 is 10.6 Å². The Hall–Kier alpha value is -1.03. The molecule has 0 unspecified atom stereocenters. The molecule has 1 aromatic rings. The largest absolute Gasteiger partial charge is 0.397 e. The summed E-state index contributed by atoms with van der Waals surface area (Å²) in [6, 6.07) is 2.24. The van der Waals surface area contributed by atoms with Crippen molar-refractivity contribution in [1.29, 1.82) is 0 Å². The number of hydrogen-bond acceptors (Lipinski definition) is 3. The zero-order valence-corrected chi connectivity index (χ0v) is 12.0. The van der Waals surface area contributed by atoms with Gasteiger partial charge in [0.1, 0.15) is 4.88 Å². The Morgan fingerprint density at radius 1 is 1.50 bits per heavy atom. The fourth-order valence-electron chi connectivity index (χ4n) is 2.63. The van der Waals surface area contributed by atoms with Crippen LogP contribution in [0.15, 0.2) is 11.4 Å². The van der Waals surface area contributed by atoms with Crippen LogP contribution in [0.4, 0.5) is 5.69 Å². The van der Waals surface area contributed by atoms with Gasteiger partial charge in [-0.15, -0.1) is 11.3 Å². The molecule has 0 radical (unpaired) electrons. The highest BCUT2D eigenvalue weighted by molar-refractivity contribution is 7.12. The molecular formula is C14H22N2OS. The van der Waals surface area contributed by atoms with Crippen LogP contribution in [0.1, 0.15) is 49.2 Å². The second kappa shape index (κ2) is 5.74. The van der Waals surface area contributed by atoms with Crippen molar-refractivity contribution >= 4 is 22.9 Å². The lowest BCUT2D eigenvalue weighted by Crippen LogP contribution is -2.41. The first kappa shape index (κ1) is 13.4. The van der Waals surface area contributed by atoms with E-state index >= 15 is 0 Å². The van der Waals surface area contributed by atoms with Crippen LogP contribution < -0.4 is 5.73 Å². The van der Waals surface area contributed by atoms with Gasteiger partial charge in [-0.3, -0.25) is 4.79 Å². The predicted octanol–water partition coefficient (Wildman–Crippen LogP) is 3.37. The van der Waals surface area contributed by atoms with E-state index in [1.807, 2.05) is 11.4 Å². The zero-order valence-electron chi connectivity index (χ0n) is 11.2. The van der Waals surface area contributed by atoms with Crippen LogP contribution in [0.3, 0.4) is 0 Å². The molecule has 1 aliphatic rings. The summed E-state index contributed by atoms with van der Waals surface area (Å²) in [4.78, 5) is 15.4. The molecule has 2 rings (SSSR count). The van der Waals surface area contributed by atoms with Crippen molar-refractivity contribution in [1.82, 2.24) is 4.90 Å². The fraction of sp³-hybridized carbons (Fsp3) is 0.643. The average molecular weight is 266 g/mol. The third kappa shape index (κ3) is 2.86. The first-order chi connectivity index (χ1) is 8.59. The summed E-state index contributed by atoms with van der Waals surface area (Å²) < 4.78 is 0. The average Bonchev–Trinajstić information content (AvgIpc) is 2.95. The van der Waals surface area contributed by atoms with Gasteiger partial charge in [0.15, 0.2) is 0 Å². The normalized spacial score (nSPS) is 16.4. The van der Waals surface area contributed by atoms with E-state index < -0.39 is 0 Å². The topological polar surface area (TPSA) is 46.3 Å². The summed E-state index contributed by atoms with van der Waals surface area (Å²) in [6.07, 6.45) is 4.77. The van der Waals surface area contributed by atoms with Crippen molar-refractivity contribution in [2.45, 2.75) is 45.6 Å². The molecule has 0 spiro atoms. The van der Waals surface area contributed by atoms with E-state index in [0.717, 1.165) is 19.4 Å². The van der Waals surface area contributed by atoms with Gasteiger partial charge in [-0.1, -0.05) is 26.7 Å². The maximum Gasteiger partial charge on any atom is 0.266 e. The highest BCUT2D eigenvalue weighted by Gasteiger charge is 2.29. The smallest absolute Gasteiger partial charge is 0.266 e. The van der Waals surface area contributed by atoms with Gasteiger partial charge in [-0.25, -0.2) is 0 Å². The van der Waals surface area contributed by atoms with Gasteiger partial charge in [-0.2, -0.15) is 0 Å². The van der Waals surface area contributed by atoms with E-state index in [4.69, 9.17) is 5.73 Å². The molecule has 0 saturated heterocycles. The Balaban J connectivity index is 2.17. The van der Waals surface area contributed by atoms with Crippen LogP contribution in [0.25, 0.3) is 0 Å². The molecule has 1 heterocycles. The van der Waals surface area contributed by atoms with Gasteiger partial charge in [0.25, 0.3) is 5.91 Å². The summed E-state index contributed by atoms with van der Waals surface area (Å²) in [6.45, 7) is 5.15. The molecular weight excluding hydrogens is 244 g/mol. The van der Waals surface area contributed by atoms with Crippen LogP contribution in [0.2, 0.25) is 0 Å². The van der Waals surface area contributed by atoms with Crippen molar-refractivity contribution in [2.75, 3.05) is 12.3 Å². The zero-order chi connectivity index (χ0) is 13.1. The number of nitrogen functional groups attached to an aromatic ring is 1. The third-order valence-electron chi connectivity index (χ3n) is 3.48. The highest BCUT2D eigenvalue weighted by Crippen LogP contribution is 2.28. The Kier molecular flexibility index (Phi) is 4.27. The number of nitrogens with two attached hydrogens (primary N) is 1. The lowest BCUT2D eigenvalue weighted by molar-refractivity contribution is 0.0661. The SMILES string of the molecule is CC(C)CN(C(=O)c1sccc1N)C1CCCC1. The number of thiophene rings is 1. The standard InChI is InChI=1S/C14H22N2OS/c1-10(2)9-16(11-5-3-4-6-11)14(17)13-12(15)7-8-18-13/h7-8,10-11H,3-6,9,15H2,1-2H3. The Morgan fingerprint density at radius 2 is 2.17 bits per heavy atom. The molecule has 3 nitrogen and oxygen atoms in total. The van der Waals surface area contributed by atoms with Crippen molar-refractivity contribution in [3.8, 4) is 0 Å². The molecule has 100 valence electrons. The van der Waals surface area contributed by atoms with Gasteiger partial charge in [0.2, 0.25) is 0 Å². The summed E-state index contributed by atoms with van der Waals surface area (Å²) >= 11 is 1.46. The number of hydrogen-bond donors (Lipinski definition) is 1. The Labute approximate surface area is 113 Å². The van der Waals surface area contributed by atoms with Gasteiger partial charge in [0.05, 0.1) is 5.69 Å². The number of nitrogens with zero attached hydrogens (tertiary/aromatic N) is 1. The minimum Gasteiger partial charge on any atom is -0.397 e. The minimum atomic E-state index is 0.128. The number of rotatable bonds is 4. The number of anilines is 1. The van der Waals surface area contributed by atoms with Crippen LogP contribution in [0, 0.1) is 5.92 Å². The van der Waals surface area contributed by atoms with E-state index in [0.29, 0.717) is 22.5 Å². The van der Waals surface area contributed by atoms with Gasteiger partial charge >= 0.3 is 0 Å². The number of amides is 1. The summed E-state index contributed by atoms with van der Waals surface area (Å²) in [5.74, 6) is 0.624. The molecule has 0 aromatic carbocycles. The molecule has 0 aliphatic heterocycles. The molecule has 2 N–H and O–H groups in total. The predicted molar refractivity (Wildman–Crippen MR) is 76.9 cm³/mol. The van der Waals surface area contributed by atoms with Crippen molar-refractivity contribution < 1.29 is 4.79 Å². The molecule has 1 aliphatic carbocycles. The number of carbonyl (C=O) groups excluding carboxylic acids is 1. The summed E-state index contributed by atoms with van der Waals surface area (Å²) in [5, 5.41) is 1.89. The molecule has 0 atom stereocenters. The monoisotopic (exact) mass is 266 g/mol. The first-order valence-corrected chi connectivity index (χ1v) is 7.61. The van der Waals surface area contributed by atoms with E-state index in [-0.39, 0.29) is 5.91 Å². The molecule has 1 fully saturated rings. The summed E-state index contributed by atoms with van der Waals surface area (Å²) in [7, 11) is 0. The molecule has 1 saturated carbocycles. The maximum absolute atomic E-state index is 12.6. The fourth-order valence-corrected chi connectivity index (χ4v) is 3.40. The van der Waals surface area contributed by atoms with E-state index in [1.54, 1.807) is 0 Å². The second-order valence-electron chi connectivity index (χ2n) is 5.49. The van der Waals surface area contributed by atoms with Crippen LogP contribution in [0.5, 0.6) is 0 Å². The van der Waals surface area contributed by atoms with Crippen molar-refractivity contribution in [2.24, 2.45) is 5.92 Å².